The van der Waals surface area contributed by atoms with Gasteiger partial charge < -0.3 is 62.3 Å². The SMILES string of the molecule is CCCC(=O)NCCCC[C@@](N)(C(=O)CC[C@@H](NC(=O)[C@@](C)(C1O[C@H](CO)[C@@H](O)[C@H](O[C@H](C)C(=O)O)[C@H]1N)N(C)C(C)=O)C(N)=O)C(=O)Oc1cccnc1. The molecule has 0 radical (unpaired) electrons. The van der Waals surface area contributed by atoms with Crippen molar-refractivity contribution in [3.8, 4) is 5.75 Å². The number of likely N-dealkylation sites (N-methyl/N-ethyl adjacent to an activating group) is 1. The Morgan fingerprint density at radius 1 is 1.15 bits per heavy atom. The second-order valence-corrected chi connectivity index (χ2v) is 13.6. The molecule has 0 aliphatic carbocycles. The average Bonchev–Trinajstić information content (AvgIpc) is 3.13. The van der Waals surface area contributed by atoms with Crippen molar-refractivity contribution in [3.05, 3.63) is 24.5 Å². The number of hydrogen-bond acceptors (Lipinski definition) is 15. The molecule has 2 rings (SSSR count). The number of ether oxygens (including phenoxy) is 3. The summed E-state index contributed by atoms with van der Waals surface area (Å²) in [5.41, 5.74) is 14.1. The minimum absolute atomic E-state index is 0.0160. The molecular formula is C35H55N7O13. The van der Waals surface area contributed by atoms with Crippen molar-refractivity contribution < 1.29 is 63.1 Å². The smallest absolute Gasteiger partial charge is 0.339 e. The number of carboxylic acids is 1. The number of ketones is 1. The lowest BCUT2D eigenvalue weighted by Crippen LogP contribution is -2.75. The number of pyridine rings is 1. The van der Waals surface area contributed by atoms with E-state index in [0.717, 1.165) is 11.8 Å². The molecule has 4 amide bonds. The predicted octanol–water partition coefficient (Wildman–Crippen LogP) is -2.37. The van der Waals surface area contributed by atoms with E-state index in [4.69, 9.17) is 31.4 Å². The summed E-state index contributed by atoms with van der Waals surface area (Å²) in [5, 5.41) is 35.4. The van der Waals surface area contributed by atoms with Gasteiger partial charge in [0.15, 0.2) is 17.4 Å². The molecule has 0 bridgehead atoms. The van der Waals surface area contributed by atoms with Crippen LogP contribution >= 0.6 is 0 Å². The van der Waals surface area contributed by atoms with Crippen LogP contribution in [0.4, 0.5) is 0 Å². The molecule has 0 spiro atoms. The molecule has 1 unspecified atom stereocenters. The van der Waals surface area contributed by atoms with Crippen molar-refractivity contribution in [2.75, 3.05) is 20.2 Å². The average molecular weight is 782 g/mol. The molecule has 20 heteroatoms. The number of carboxylic acid groups (broad SMARTS) is 1. The van der Waals surface area contributed by atoms with Crippen LogP contribution < -0.4 is 32.6 Å². The lowest BCUT2D eigenvalue weighted by Gasteiger charge is -2.51. The van der Waals surface area contributed by atoms with Crippen molar-refractivity contribution >= 4 is 41.4 Å². The lowest BCUT2D eigenvalue weighted by molar-refractivity contribution is -0.234. The number of carbonyl (C=O) groups excluding carboxylic acids is 6. The van der Waals surface area contributed by atoms with Gasteiger partial charge in [-0.05, 0) is 58.1 Å². The highest BCUT2D eigenvalue weighted by Crippen LogP contribution is 2.33. The summed E-state index contributed by atoms with van der Waals surface area (Å²) in [5.74, 6) is -6.35. The monoisotopic (exact) mass is 781 g/mol. The van der Waals surface area contributed by atoms with E-state index in [9.17, 15) is 48.9 Å². The number of carbonyl (C=O) groups is 7. The molecule has 0 saturated carbocycles. The van der Waals surface area contributed by atoms with Crippen LogP contribution in [0, 0.1) is 0 Å². The molecule has 1 aromatic heterocycles. The standard InChI is InChI=1S/C35H55N7O13/c1-6-10-25(46)40-16-8-7-14-35(38,33(52)54-21-11-9-15-39-17-21)24(45)13-12-22(30(37)48)41-32(51)34(4,42(5)20(3)44)29-26(36)28(53-19(2)31(49)50)27(47)23(18-43)55-29/h9,11,15,17,19,22-23,26-29,43,47H,6-8,10,12-14,16,18,36,38H2,1-5H3,(H2,37,48)(H,40,46)(H,41,51)(H,49,50)/t19-,22-,23-,26-,27-,28-,29?,34-,35-/m1/s1. The fourth-order valence-corrected chi connectivity index (χ4v) is 6.02. The quantitative estimate of drug-likeness (QED) is 0.0346. The van der Waals surface area contributed by atoms with Crippen LogP contribution in [0.5, 0.6) is 5.75 Å². The van der Waals surface area contributed by atoms with E-state index in [1.165, 1.54) is 45.4 Å². The van der Waals surface area contributed by atoms with Gasteiger partial charge in [0.25, 0.3) is 0 Å². The summed E-state index contributed by atoms with van der Waals surface area (Å²) in [4.78, 5) is 95.0. The number of aromatic nitrogens is 1. The first-order chi connectivity index (χ1) is 25.8. The second kappa shape index (κ2) is 20.9. The number of rotatable bonds is 22. The normalized spacial score (nSPS) is 22.8. The third-order valence-corrected chi connectivity index (χ3v) is 9.65. The summed E-state index contributed by atoms with van der Waals surface area (Å²) in [6, 6.07) is -0.157. The lowest BCUT2D eigenvalue weighted by atomic mass is 9.80. The molecule has 20 nitrogen and oxygen atoms in total. The Morgan fingerprint density at radius 3 is 2.36 bits per heavy atom. The third-order valence-electron chi connectivity index (χ3n) is 9.65. The number of aliphatic carboxylic acids is 1. The molecule has 1 saturated heterocycles. The van der Waals surface area contributed by atoms with Gasteiger partial charge in [-0.1, -0.05) is 6.92 Å². The summed E-state index contributed by atoms with van der Waals surface area (Å²) < 4.78 is 16.7. The molecule has 55 heavy (non-hydrogen) atoms. The van der Waals surface area contributed by atoms with Crippen LogP contribution in [0.15, 0.2) is 24.5 Å². The minimum atomic E-state index is -2.23. The molecule has 9 atom stereocenters. The number of amides is 4. The zero-order chi connectivity index (χ0) is 41.7. The van der Waals surface area contributed by atoms with Crippen LogP contribution in [0.1, 0.15) is 72.6 Å². The largest absolute Gasteiger partial charge is 0.479 e. The van der Waals surface area contributed by atoms with E-state index in [-0.39, 0.29) is 31.0 Å². The molecule has 2 heterocycles. The van der Waals surface area contributed by atoms with Gasteiger partial charge in [-0.3, -0.25) is 29.0 Å². The van der Waals surface area contributed by atoms with Gasteiger partial charge in [-0.15, -0.1) is 0 Å². The van der Waals surface area contributed by atoms with Crippen LogP contribution in [-0.2, 0) is 43.0 Å². The Balaban J connectivity index is 2.37. The number of unbranched alkanes of at least 4 members (excludes halogenated alkanes) is 1. The van der Waals surface area contributed by atoms with Crippen LogP contribution in [0.3, 0.4) is 0 Å². The highest BCUT2D eigenvalue weighted by molar-refractivity contribution is 6.09. The zero-order valence-corrected chi connectivity index (χ0v) is 31.8. The Bertz CT molecular complexity index is 1520. The molecule has 1 aliphatic heterocycles. The molecule has 1 fully saturated rings. The molecule has 308 valence electrons. The Labute approximate surface area is 318 Å². The van der Waals surface area contributed by atoms with E-state index >= 15 is 0 Å². The highest BCUT2D eigenvalue weighted by atomic mass is 16.6. The van der Waals surface area contributed by atoms with Crippen molar-refractivity contribution in [1.82, 2.24) is 20.5 Å². The summed E-state index contributed by atoms with van der Waals surface area (Å²) in [7, 11) is 1.22. The van der Waals surface area contributed by atoms with Gasteiger partial charge in [0.1, 0.15) is 41.7 Å². The van der Waals surface area contributed by atoms with Gasteiger partial charge >= 0.3 is 11.9 Å². The van der Waals surface area contributed by atoms with Crippen LogP contribution in [0.25, 0.3) is 0 Å². The fourth-order valence-electron chi connectivity index (χ4n) is 6.02. The maximum absolute atomic E-state index is 14.2. The topological polar surface area (TPSA) is 326 Å². The van der Waals surface area contributed by atoms with Crippen molar-refractivity contribution in [2.24, 2.45) is 17.2 Å². The first-order valence-corrected chi connectivity index (χ1v) is 17.9. The number of aliphatic hydroxyl groups excluding tert-OH is 2. The van der Waals surface area contributed by atoms with Gasteiger partial charge in [-0.2, -0.15) is 0 Å². The van der Waals surface area contributed by atoms with E-state index in [1.807, 2.05) is 6.92 Å². The van der Waals surface area contributed by atoms with Gasteiger partial charge in [0.2, 0.25) is 23.6 Å². The number of aliphatic hydroxyl groups is 2. The number of Topliss-reactive ketones (excluding diaryl/α,β-unsaturated/α-hetero) is 1. The van der Waals surface area contributed by atoms with Crippen molar-refractivity contribution in [1.29, 1.82) is 0 Å². The summed E-state index contributed by atoms with van der Waals surface area (Å²) >= 11 is 0. The number of esters is 1. The summed E-state index contributed by atoms with van der Waals surface area (Å²) in [6.45, 7) is 4.82. The van der Waals surface area contributed by atoms with Crippen LogP contribution in [-0.4, -0.2) is 140 Å². The Kier molecular flexibility index (Phi) is 17.7. The van der Waals surface area contributed by atoms with Gasteiger partial charge in [-0.25, -0.2) is 9.59 Å². The molecule has 0 aromatic carbocycles. The summed E-state index contributed by atoms with van der Waals surface area (Å²) in [6.07, 6.45) is -4.69. The number of primary amides is 1. The van der Waals surface area contributed by atoms with Crippen molar-refractivity contribution in [2.45, 2.75) is 126 Å². The number of nitrogens with one attached hydrogen (secondary N) is 2. The zero-order valence-electron chi connectivity index (χ0n) is 31.8. The highest BCUT2D eigenvalue weighted by Gasteiger charge is 2.57. The first kappa shape index (κ1) is 46.6. The second-order valence-electron chi connectivity index (χ2n) is 13.6. The number of nitrogens with zero attached hydrogens (tertiary/aromatic N) is 2. The maximum atomic E-state index is 14.2. The Hall–Kier alpha value is -4.60. The first-order valence-electron chi connectivity index (χ1n) is 17.9. The molecule has 11 N–H and O–H groups in total. The van der Waals surface area contributed by atoms with E-state index < -0.39 is 109 Å². The minimum Gasteiger partial charge on any atom is -0.479 e. The van der Waals surface area contributed by atoms with Crippen LogP contribution in [0.2, 0.25) is 0 Å². The Morgan fingerprint density at radius 2 is 1.82 bits per heavy atom. The fraction of sp³-hybridized carbons (Fsp3) is 0.657. The predicted molar refractivity (Wildman–Crippen MR) is 192 cm³/mol. The van der Waals surface area contributed by atoms with E-state index in [1.54, 1.807) is 0 Å². The number of hydrogen-bond donors (Lipinski definition) is 8. The molecule has 1 aromatic rings. The van der Waals surface area contributed by atoms with E-state index in [2.05, 4.69) is 15.6 Å². The molecule has 1 aliphatic rings. The van der Waals surface area contributed by atoms with Crippen molar-refractivity contribution in [3.63, 3.8) is 0 Å². The van der Waals surface area contributed by atoms with Gasteiger partial charge in [0.05, 0.1) is 18.8 Å². The maximum Gasteiger partial charge on any atom is 0.339 e. The number of nitrogens with two attached hydrogens (primary N) is 3. The van der Waals surface area contributed by atoms with E-state index in [0.29, 0.717) is 19.3 Å². The molecular weight excluding hydrogens is 726 g/mol. The third kappa shape index (κ3) is 11.9. The van der Waals surface area contributed by atoms with Gasteiger partial charge in [0, 0.05) is 39.6 Å².